The maximum absolute atomic E-state index is 12.7. The van der Waals surface area contributed by atoms with Crippen molar-refractivity contribution < 1.29 is 9.53 Å². The number of rotatable bonds is 6. The highest BCUT2D eigenvalue weighted by Gasteiger charge is 2.22. The van der Waals surface area contributed by atoms with Crippen molar-refractivity contribution in [2.75, 3.05) is 12.0 Å². The third-order valence-electron chi connectivity index (χ3n) is 4.62. The van der Waals surface area contributed by atoms with Gasteiger partial charge in [0.15, 0.2) is 5.82 Å². The number of aryl methyl sites for hydroxylation is 1. The Morgan fingerprint density at radius 3 is 2.42 bits per heavy atom. The Kier molecular flexibility index (Phi) is 7.16. The van der Waals surface area contributed by atoms with E-state index in [4.69, 9.17) is 4.74 Å². The largest absolute Gasteiger partial charge is 0.461 e. The summed E-state index contributed by atoms with van der Waals surface area (Å²) in [6.07, 6.45) is 0. The molecule has 33 heavy (non-hydrogen) atoms. The number of hydrogen-bond acceptors (Lipinski definition) is 7. The van der Waals surface area contributed by atoms with Crippen LogP contribution in [-0.4, -0.2) is 32.4 Å². The van der Waals surface area contributed by atoms with Gasteiger partial charge in [-0.3, -0.25) is 9.99 Å². The number of hydrogen-bond donors (Lipinski definition) is 1. The van der Waals surface area contributed by atoms with Crippen LogP contribution in [0.2, 0.25) is 0 Å². The van der Waals surface area contributed by atoms with E-state index < -0.39 is 5.97 Å². The van der Waals surface area contributed by atoms with E-state index in [0.717, 1.165) is 34.3 Å². The molecule has 0 spiro atoms. The molecule has 1 N–H and O–H groups in total. The van der Waals surface area contributed by atoms with Gasteiger partial charge in [-0.25, -0.2) is 4.79 Å². The van der Waals surface area contributed by atoms with Crippen LogP contribution in [0.5, 0.6) is 0 Å². The van der Waals surface area contributed by atoms with E-state index in [-0.39, 0.29) is 11.7 Å². The average molecular weight is 458 g/mol. The summed E-state index contributed by atoms with van der Waals surface area (Å²) in [5.74, 6) is 0.130. The fourth-order valence-corrected chi connectivity index (χ4v) is 3.91. The number of ether oxygens (including phenoxy) is 1. The van der Waals surface area contributed by atoms with Crippen LogP contribution < -0.4 is 5.43 Å². The lowest BCUT2D eigenvalue weighted by molar-refractivity contribution is -0.134. The zero-order valence-corrected chi connectivity index (χ0v) is 19.1. The Morgan fingerprint density at radius 2 is 1.73 bits per heavy atom. The number of thioether (sulfide) groups is 1. The zero-order chi connectivity index (χ0) is 23.0. The van der Waals surface area contributed by atoms with Gasteiger partial charge >= 0.3 is 5.97 Å². The Bertz CT molecular complexity index is 1260. The standard InChI is InChI=1S/C25H23N5O2S/c1-3-32-24(31)23(28-26-20-14-10-11-18(2)17-20)33-25-29-27-22(19-12-6-4-7-13-19)30(25)21-15-8-5-9-16-21/h4-17,26H,3H2,1-2H3/b28-23-. The maximum atomic E-state index is 12.7. The van der Waals surface area contributed by atoms with E-state index in [0.29, 0.717) is 11.0 Å². The van der Waals surface area contributed by atoms with Crippen molar-refractivity contribution in [2.45, 2.75) is 19.0 Å². The molecule has 166 valence electrons. The average Bonchev–Trinajstić information content (AvgIpc) is 3.26. The number of benzene rings is 3. The Morgan fingerprint density at radius 1 is 1.00 bits per heavy atom. The first-order valence-corrected chi connectivity index (χ1v) is 11.3. The fourth-order valence-electron chi connectivity index (χ4n) is 3.14. The molecular formula is C25H23N5O2S. The van der Waals surface area contributed by atoms with Crippen LogP contribution in [0, 0.1) is 6.92 Å². The van der Waals surface area contributed by atoms with E-state index in [2.05, 4.69) is 20.7 Å². The summed E-state index contributed by atoms with van der Waals surface area (Å²) in [6, 6.07) is 27.3. The third kappa shape index (κ3) is 5.48. The van der Waals surface area contributed by atoms with Crippen molar-refractivity contribution in [1.29, 1.82) is 0 Å². The van der Waals surface area contributed by atoms with Gasteiger partial charge in [-0.2, -0.15) is 5.10 Å². The first-order chi connectivity index (χ1) is 16.2. The van der Waals surface area contributed by atoms with Crippen molar-refractivity contribution in [2.24, 2.45) is 5.10 Å². The molecule has 0 aliphatic carbocycles. The molecule has 8 heteroatoms. The van der Waals surface area contributed by atoms with Crippen LogP contribution >= 0.6 is 11.8 Å². The number of nitrogens with zero attached hydrogens (tertiary/aromatic N) is 4. The Balaban J connectivity index is 1.73. The van der Waals surface area contributed by atoms with Crippen molar-refractivity contribution in [3.05, 3.63) is 90.5 Å². The fraction of sp³-hybridized carbons (Fsp3) is 0.120. The van der Waals surface area contributed by atoms with Crippen LogP contribution in [-0.2, 0) is 9.53 Å². The number of aromatic nitrogens is 3. The van der Waals surface area contributed by atoms with Crippen molar-refractivity contribution in [3.8, 4) is 17.1 Å². The predicted octanol–water partition coefficient (Wildman–Crippen LogP) is 5.32. The first kappa shape index (κ1) is 22.3. The maximum Gasteiger partial charge on any atom is 0.365 e. The Labute approximate surface area is 196 Å². The van der Waals surface area contributed by atoms with Gasteiger partial charge in [0.2, 0.25) is 10.2 Å². The molecule has 1 aromatic heterocycles. The summed E-state index contributed by atoms with van der Waals surface area (Å²) in [6.45, 7) is 3.99. The van der Waals surface area contributed by atoms with Crippen LogP contribution in [0.15, 0.2) is 95.2 Å². The van der Waals surface area contributed by atoms with Gasteiger partial charge in [-0.15, -0.1) is 10.2 Å². The summed E-state index contributed by atoms with van der Waals surface area (Å²) in [5.41, 5.74) is 6.59. The molecule has 0 saturated carbocycles. The van der Waals surface area contributed by atoms with Gasteiger partial charge in [-0.05, 0) is 55.4 Å². The minimum Gasteiger partial charge on any atom is -0.461 e. The number of anilines is 1. The highest BCUT2D eigenvalue weighted by molar-refractivity contribution is 8.15. The van der Waals surface area contributed by atoms with E-state index in [1.165, 1.54) is 0 Å². The molecule has 4 aromatic rings. The summed E-state index contributed by atoms with van der Waals surface area (Å²) in [5, 5.41) is 13.8. The third-order valence-corrected chi connectivity index (χ3v) is 5.52. The molecular weight excluding hydrogens is 434 g/mol. The molecule has 0 aliphatic rings. The zero-order valence-electron chi connectivity index (χ0n) is 18.3. The molecule has 0 bridgehead atoms. The number of carbonyl (C=O) groups is 1. The summed E-state index contributed by atoms with van der Waals surface area (Å²) >= 11 is 1.10. The van der Waals surface area contributed by atoms with Crippen molar-refractivity contribution in [3.63, 3.8) is 0 Å². The molecule has 1 heterocycles. The summed E-state index contributed by atoms with van der Waals surface area (Å²) in [4.78, 5) is 12.7. The van der Waals surface area contributed by atoms with E-state index in [1.54, 1.807) is 6.92 Å². The summed E-state index contributed by atoms with van der Waals surface area (Å²) < 4.78 is 7.14. The van der Waals surface area contributed by atoms with Crippen LogP contribution in [0.25, 0.3) is 17.1 Å². The molecule has 0 radical (unpaired) electrons. The molecule has 0 saturated heterocycles. The Hall–Kier alpha value is -3.91. The van der Waals surface area contributed by atoms with Crippen molar-refractivity contribution >= 4 is 28.5 Å². The molecule has 3 aromatic carbocycles. The van der Waals surface area contributed by atoms with Crippen LogP contribution in [0.3, 0.4) is 0 Å². The highest BCUT2D eigenvalue weighted by atomic mass is 32.2. The van der Waals surface area contributed by atoms with Gasteiger partial charge in [0.05, 0.1) is 12.3 Å². The van der Waals surface area contributed by atoms with E-state index in [9.17, 15) is 4.79 Å². The topological polar surface area (TPSA) is 81.4 Å². The smallest absolute Gasteiger partial charge is 0.365 e. The normalized spacial score (nSPS) is 11.3. The van der Waals surface area contributed by atoms with Gasteiger partial charge < -0.3 is 4.74 Å². The van der Waals surface area contributed by atoms with Crippen LogP contribution in [0.1, 0.15) is 12.5 Å². The minimum absolute atomic E-state index is 0.127. The molecule has 0 fully saturated rings. The van der Waals surface area contributed by atoms with E-state index >= 15 is 0 Å². The van der Waals surface area contributed by atoms with Crippen LogP contribution in [0.4, 0.5) is 5.69 Å². The number of carbonyl (C=O) groups excluding carboxylic acids is 1. The second-order valence-corrected chi connectivity index (χ2v) is 8.02. The molecule has 4 rings (SSSR count). The minimum atomic E-state index is -0.536. The molecule has 7 nitrogen and oxygen atoms in total. The summed E-state index contributed by atoms with van der Waals surface area (Å²) in [7, 11) is 0. The quantitative estimate of drug-likeness (QED) is 0.139. The predicted molar refractivity (Wildman–Crippen MR) is 132 cm³/mol. The van der Waals surface area contributed by atoms with Gasteiger partial charge in [-0.1, -0.05) is 60.7 Å². The van der Waals surface area contributed by atoms with Gasteiger partial charge in [0.25, 0.3) is 0 Å². The van der Waals surface area contributed by atoms with E-state index in [1.807, 2.05) is 96.4 Å². The molecule has 0 unspecified atom stereocenters. The SMILES string of the molecule is CCOC(=O)/C(=N/Nc1cccc(C)c1)Sc1nnc(-c2ccccc2)n1-c1ccccc1. The second kappa shape index (κ2) is 10.6. The first-order valence-electron chi connectivity index (χ1n) is 10.5. The second-order valence-electron chi connectivity index (χ2n) is 7.06. The van der Waals surface area contributed by atoms with Crippen molar-refractivity contribution in [1.82, 2.24) is 14.8 Å². The number of esters is 1. The molecule has 0 atom stereocenters. The lowest BCUT2D eigenvalue weighted by atomic mass is 10.2. The number of nitrogens with one attached hydrogen (secondary N) is 1. The van der Waals surface area contributed by atoms with Gasteiger partial charge in [0, 0.05) is 11.3 Å². The lowest BCUT2D eigenvalue weighted by Crippen LogP contribution is -2.17. The lowest BCUT2D eigenvalue weighted by Gasteiger charge is -2.11. The number of hydrazone groups is 1. The molecule has 0 amide bonds. The number of para-hydroxylation sites is 1. The van der Waals surface area contributed by atoms with Gasteiger partial charge in [0.1, 0.15) is 0 Å². The molecule has 0 aliphatic heterocycles. The monoisotopic (exact) mass is 457 g/mol. The highest BCUT2D eigenvalue weighted by Crippen LogP contribution is 2.29.